The van der Waals surface area contributed by atoms with Crippen LogP contribution in [-0.2, 0) is 30.9 Å². The molecule has 6 nitrogen and oxygen atoms in total. The Morgan fingerprint density at radius 1 is 0.588 bits per heavy atom. The third-order valence-electron chi connectivity index (χ3n) is 4.47. The lowest BCUT2D eigenvalue weighted by Crippen LogP contribution is -2.27. The zero-order valence-electron chi connectivity index (χ0n) is 17.7. The molecule has 0 amide bonds. The van der Waals surface area contributed by atoms with E-state index in [1.165, 1.54) is 24.3 Å². The molecule has 0 spiro atoms. The first-order valence-corrected chi connectivity index (χ1v) is 14.8. The molecular formula is C24H20N2O4S4. The third kappa shape index (κ3) is 5.65. The van der Waals surface area contributed by atoms with Crippen LogP contribution in [0.3, 0.4) is 0 Å². The summed E-state index contributed by atoms with van der Waals surface area (Å²) in [4.78, 5) is 1.11. The SMILES string of the molecule is O=S(=O)(/N=S(\c1ccccc1)N(Sc1ccccc1)S(=O)(=O)c1ccccc1)c1ccccc1. The van der Waals surface area contributed by atoms with Gasteiger partial charge in [-0.15, -0.1) is 3.77 Å². The van der Waals surface area contributed by atoms with Crippen molar-refractivity contribution >= 4 is 42.9 Å². The van der Waals surface area contributed by atoms with Gasteiger partial charge in [-0.2, -0.15) is 8.42 Å². The predicted octanol–water partition coefficient (Wildman–Crippen LogP) is 5.55. The van der Waals surface area contributed by atoms with Gasteiger partial charge in [0.1, 0.15) is 0 Å². The summed E-state index contributed by atoms with van der Waals surface area (Å²) in [6, 6.07) is 33.2. The van der Waals surface area contributed by atoms with Gasteiger partial charge in [0.25, 0.3) is 20.0 Å². The molecule has 0 radical (unpaired) electrons. The molecule has 174 valence electrons. The summed E-state index contributed by atoms with van der Waals surface area (Å²) in [6.07, 6.45) is 0. The zero-order chi connectivity index (χ0) is 24.0. The van der Waals surface area contributed by atoms with Gasteiger partial charge in [-0.25, -0.2) is 8.42 Å². The maximum atomic E-state index is 13.8. The smallest absolute Gasteiger partial charge is 0.205 e. The number of sulfonamides is 2. The molecule has 4 aromatic rings. The van der Waals surface area contributed by atoms with Crippen molar-refractivity contribution in [1.29, 1.82) is 0 Å². The van der Waals surface area contributed by atoms with E-state index in [1.807, 2.05) is 6.07 Å². The first-order chi connectivity index (χ1) is 16.4. The maximum Gasteiger partial charge on any atom is 0.289 e. The Balaban J connectivity index is 1.95. The quantitative estimate of drug-likeness (QED) is 0.280. The second-order valence-corrected chi connectivity index (χ2v) is 13.7. The van der Waals surface area contributed by atoms with Crippen LogP contribution < -0.4 is 0 Å². The molecule has 0 aliphatic heterocycles. The Labute approximate surface area is 206 Å². The fraction of sp³-hybridized carbons (Fsp3) is 0. The highest BCUT2D eigenvalue weighted by Crippen LogP contribution is 2.35. The molecule has 34 heavy (non-hydrogen) atoms. The predicted molar refractivity (Wildman–Crippen MR) is 136 cm³/mol. The number of benzene rings is 4. The van der Waals surface area contributed by atoms with Crippen LogP contribution in [0.4, 0.5) is 0 Å². The highest BCUT2D eigenvalue weighted by atomic mass is 32.3. The summed E-state index contributed by atoms with van der Waals surface area (Å²) in [5.41, 5.74) is 0. The number of hydrogen-bond acceptors (Lipinski definition) is 5. The van der Waals surface area contributed by atoms with Gasteiger partial charge in [0.05, 0.1) is 9.79 Å². The van der Waals surface area contributed by atoms with Gasteiger partial charge >= 0.3 is 0 Å². The van der Waals surface area contributed by atoms with E-state index in [1.54, 1.807) is 91.0 Å². The molecule has 0 aliphatic carbocycles. The molecule has 0 saturated carbocycles. The van der Waals surface area contributed by atoms with Gasteiger partial charge in [0.15, 0.2) is 0 Å². The number of nitrogens with zero attached hydrogens (tertiary/aromatic N) is 2. The largest absolute Gasteiger partial charge is 0.289 e. The third-order valence-corrected chi connectivity index (χ3v) is 12.0. The minimum atomic E-state index is -4.17. The van der Waals surface area contributed by atoms with Crippen molar-refractivity contribution in [2.75, 3.05) is 0 Å². The first kappa shape index (κ1) is 24.4. The minimum Gasteiger partial charge on any atom is -0.205 e. The van der Waals surface area contributed by atoms with E-state index in [-0.39, 0.29) is 9.79 Å². The Bertz CT molecular complexity index is 1480. The molecule has 0 heterocycles. The van der Waals surface area contributed by atoms with E-state index >= 15 is 0 Å². The number of rotatable bonds is 8. The molecule has 4 aromatic carbocycles. The molecule has 1 unspecified atom stereocenters. The Kier molecular flexibility index (Phi) is 7.64. The van der Waals surface area contributed by atoms with Crippen molar-refractivity contribution in [3.8, 4) is 0 Å². The van der Waals surface area contributed by atoms with Crippen molar-refractivity contribution in [1.82, 2.24) is 3.12 Å². The fourth-order valence-electron chi connectivity index (χ4n) is 2.85. The molecule has 0 bridgehead atoms. The van der Waals surface area contributed by atoms with E-state index in [4.69, 9.17) is 0 Å². The van der Waals surface area contributed by atoms with Crippen molar-refractivity contribution in [3.63, 3.8) is 0 Å². The van der Waals surface area contributed by atoms with E-state index in [0.29, 0.717) is 9.79 Å². The summed E-state index contributed by atoms with van der Waals surface area (Å²) in [5, 5.41) is 0. The van der Waals surface area contributed by atoms with Gasteiger partial charge in [-0.1, -0.05) is 75.9 Å². The molecular weight excluding hydrogens is 509 g/mol. The molecule has 1 atom stereocenters. The summed E-state index contributed by atoms with van der Waals surface area (Å²) in [7, 11) is -10.0. The summed E-state index contributed by atoms with van der Waals surface area (Å²) >= 11 is 0.929. The second kappa shape index (κ2) is 10.7. The van der Waals surface area contributed by atoms with Crippen LogP contribution in [-0.4, -0.2) is 20.0 Å². The molecule has 0 N–H and O–H groups in total. The van der Waals surface area contributed by atoms with Crippen molar-refractivity contribution < 1.29 is 16.8 Å². The Morgan fingerprint density at radius 3 is 1.56 bits per heavy atom. The first-order valence-electron chi connectivity index (χ1n) is 10.0. The van der Waals surface area contributed by atoms with Crippen LogP contribution in [0.1, 0.15) is 0 Å². The average Bonchev–Trinajstić information content (AvgIpc) is 2.88. The van der Waals surface area contributed by atoms with Crippen LogP contribution in [0.25, 0.3) is 0 Å². The summed E-state index contributed by atoms with van der Waals surface area (Å²) < 4.78 is 59.4. The van der Waals surface area contributed by atoms with Crippen LogP contribution in [0.5, 0.6) is 0 Å². The lowest BCUT2D eigenvalue weighted by atomic mass is 10.4. The van der Waals surface area contributed by atoms with Crippen LogP contribution in [0, 0.1) is 0 Å². The monoisotopic (exact) mass is 528 g/mol. The van der Waals surface area contributed by atoms with Crippen molar-refractivity contribution in [3.05, 3.63) is 121 Å². The Hall–Kier alpha value is -2.76. The van der Waals surface area contributed by atoms with Crippen molar-refractivity contribution in [2.24, 2.45) is 3.77 Å². The highest BCUT2D eigenvalue weighted by Gasteiger charge is 2.32. The molecule has 0 aromatic heterocycles. The highest BCUT2D eigenvalue weighted by molar-refractivity contribution is 8.20. The van der Waals surface area contributed by atoms with Crippen LogP contribution in [0.15, 0.2) is 145 Å². The van der Waals surface area contributed by atoms with E-state index in [2.05, 4.69) is 3.77 Å². The van der Waals surface area contributed by atoms with E-state index in [9.17, 15) is 16.8 Å². The minimum absolute atomic E-state index is 0.00907. The topological polar surface area (TPSA) is 83.9 Å². The molecule has 0 saturated heterocycles. The fourth-order valence-corrected chi connectivity index (χ4v) is 10.2. The summed E-state index contributed by atoms with van der Waals surface area (Å²) in [6.45, 7) is 0. The van der Waals surface area contributed by atoms with Gasteiger partial charge < -0.3 is 0 Å². The van der Waals surface area contributed by atoms with Crippen LogP contribution >= 0.6 is 11.9 Å². The van der Waals surface area contributed by atoms with Gasteiger partial charge in [0.2, 0.25) is 0 Å². The standard InChI is InChI=1S/C24H20N2O4S4/c27-33(28,23-17-9-3-10-18-23)25-32(22-15-7-2-8-16-22)26(31-21-13-5-1-6-14-21)34(29,30)24-19-11-4-12-20-24/h1-20H. The van der Waals surface area contributed by atoms with Crippen molar-refractivity contribution in [2.45, 2.75) is 19.6 Å². The van der Waals surface area contributed by atoms with E-state index in [0.717, 1.165) is 15.1 Å². The molecule has 10 heteroatoms. The lowest BCUT2D eigenvalue weighted by Gasteiger charge is -2.23. The molecule has 0 fully saturated rings. The zero-order valence-corrected chi connectivity index (χ0v) is 21.0. The Morgan fingerprint density at radius 2 is 1.03 bits per heavy atom. The lowest BCUT2D eigenvalue weighted by molar-refractivity contribution is 0.582. The summed E-state index contributed by atoms with van der Waals surface area (Å²) in [5.74, 6) is 0. The number of hydrogen-bond donors (Lipinski definition) is 0. The molecule has 0 aliphatic rings. The van der Waals surface area contributed by atoms with Crippen LogP contribution in [0.2, 0.25) is 0 Å². The molecule has 4 rings (SSSR count). The normalized spacial score (nSPS) is 13.1. The van der Waals surface area contributed by atoms with Gasteiger partial charge in [-0.3, -0.25) is 0 Å². The maximum absolute atomic E-state index is 13.8. The van der Waals surface area contributed by atoms with Gasteiger partial charge in [0, 0.05) is 20.7 Å². The van der Waals surface area contributed by atoms with Gasteiger partial charge in [-0.05, 0) is 60.5 Å². The average molecular weight is 529 g/mol. The van der Waals surface area contributed by atoms with E-state index < -0.39 is 30.9 Å². The second-order valence-electron chi connectivity index (χ2n) is 6.86.